The molecule has 3 heterocycles. The third kappa shape index (κ3) is 4.58. The molecule has 0 spiro atoms. The number of rotatable bonds is 7. The van der Waals surface area contributed by atoms with Gasteiger partial charge in [0, 0.05) is 56.2 Å². The fourth-order valence-electron chi connectivity index (χ4n) is 5.05. The molecule has 1 atom stereocenters. The van der Waals surface area contributed by atoms with E-state index in [9.17, 15) is 14.0 Å². The number of carbonyl (C=O) groups is 1. The van der Waals surface area contributed by atoms with Crippen molar-refractivity contribution in [3.63, 3.8) is 0 Å². The maximum atomic E-state index is 13.2. The first-order valence-corrected chi connectivity index (χ1v) is 12.4. The Labute approximate surface area is 208 Å². The molecule has 0 bridgehead atoms. The second-order valence-electron chi connectivity index (χ2n) is 9.35. The lowest BCUT2D eigenvalue weighted by Crippen LogP contribution is -2.47. The SMILES string of the molecule is C[C@H](C(=O)NCCCN1CCN(c2ccc(F)cc2)CC1)n1c2ccccc2c2cnn(C)c(=O)c21. The third-order valence-electron chi connectivity index (χ3n) is 7.09. The highest BCUT2D eigenvalue weighted by Crippen LogP contribution is 2.29. The van der Waals surface area contributed by atoms with Crippen molar-refractivity contribution in [1.29, 1.82) is 0 Å². The molecule has 188 valence electrons. The number of anilines is 1. The molecule has 1 amide bonds. The van der Waals surface area contributed by atoms with Crippen molar-refractivity contribution in [2.45, 2.75) is 19.4 Å². The van der Waals surface area contributed by atoms with Crippen LogP contribution in [0.5, 0.6) is 0 Å². The van der Waals surface area contributed by atoms with E-state index < -0.39 is 6.04 Å². The first kappa shape index (κ1) is 24.0. The fraction of sp³-hybridized carbons (Fsp3) is 0.370. The molecule has 1 fully saturated rings. The van der Waals surface area contributed by atoms with Crippen LogP contribution < -0.4 is 15.8 Å². The molecule has 5 rings (SSSR count). The van der Waals surface area contributed by atoms with E-state index in [2.05, 4.69) is 20.2 Å². The quantitative estimate of drug-likeness (QED) is 0.403. The molecular formula is C27H31FN6O2. The number of amides is 1. The largest absolute Gasteiger partial charge is 0.369 e. The summed E-state index contributed by atoms with van der Waals surface area (Å²) < 4.78 is 16.3. The summed E-state index contributed by atoms with van der Waals surface area (Å²) in [6.07, 6.45) is 2.53. The van der Waals surface area contributed by atoms with Gasteiger partial charge in [-0.25, -0.2) is 9.07 Å². The normalized spacial score (nSPS) is 15.5. The lowest BCUT2D eigenvalue weighted by atomic mass is 10.2. The van der Waals surface area contributed by atoms with Crippen molar-refractivity contribution < 1.29 is 9.18 Å². The van der Waals surface area contributed by atoms with Gasteiger partial charge in [-0.1, -0.05) is 18.2 Å². The van der Waals surface area contributed by atoms with Crippen LogP contribution in [0.4, 0.5) is 10.1 Å². The second-order valence-corrected chi connectivity index (χ2v) is 9.35. The Morgan fingerprint density at radius 1 is 1.06 bits per heavy atom. The summed E-state index contributed by atoms with van der Waals surface area (Å²) in [6, 6.07) is 13.8. The molecule has 1 aliphatic rings. The van der Waals surface area contributed by atoms with Gasteiger partial charge >= 0.3 is 0 Å². The van der Waals surface area contributed by atoms with Crippen molar-refractivity contribution in [3.8, 4) is 0 Å². The highest BCUT2D eigenvalue weighted by Gasteiger charge is 2.23. The van der Waals surface area contributed by atoms with Gasteiger partial charge in [0.15, 0.2) is 0 Å². The molecule has 36 heavy (non-hydrogen) atoms. The molecule has 8 nitrogen and oxygen atoms in total. The Kier molecular flexibility index (Phi) is 6.73. The van der Waals surface area contributed by atoms with Gasteiger partial charge in [0.1, 0.15) is 17.4 Å². The fourth-order valence-corrected chi connectivity index (χ4v) is 5.05. The van der Waals surface area contributed by atoms with Crippen LogP contribution in [-0.2, 0) is 11.8 Å². The number of hydrogen-bond acceptors (Lipinski definition) is 5. The Morgan fingerprint density at radius 3 is 2.53 bits per heavy atom. The van der Waals surface area contributed by atoms with E-state index in [1.807, 2.05) is 47.9 Å². The number of piperazine rings is 1. The molecule has 1 N–H and O–H groups in total. The van der Waals surface area contributed by atoms with E-state index in [1.54, 1.807) is 13.2 Å². The first-order chi connectivity index (χ1) is 17.4. The number of benzene rings is 2. The number of halogens is 1. The van der Waals surface area contributed by atoms with Crippen molar-refractivity contribution in [2.24, 2.45) is 7.05 Å². The number of fused-ring (bicyclic) bond motifs is 3. The van der Waals surface area contributed by atoms with E-state index >= 15 is 0 Å². The van der Waals surface area contributed by atoms with Gasteiger partial charge in [-0.2, -0.15) is 5.10 Å². The number of hydrogen-bond donors (Lipinski definition) is 1. The Balaban J connectivity index is 1.18. The van der Waals surface area contributed by atoms with E-state index in [1.165, 1.54) is 16.8 Å². The van der Waals surface area contributed by atoms with Crippen LogP contribution in [0.1, 0.15) is 19.4 Å². The van der Waals surface area contributed by atoms with E-state index in [0.717, 1.165) is 61.1 Å². The molecular weight excluding hydrogens is 459 g/mol. The second kappa shape index (κ2) is 10.1. The van der Waals surface area contributed by atoms with Gasteiger partial charge < -0.3 is 14.8 Å². The lowest BCUT2D eigenvalue weighted by Gasteiger charge is -2.36. The summed E-state index contributed by atoms with van der Waals surface area (Å²) >= 11 is 0. The molecule has 2 aromatic carbocycles. The van der Waals surface area contributed by atoms with Crippen LogP contribution in [0.15, 0.2) is 59.5 Å². The molecule has 0 unspecified atom stereocenters. The molecule has 0 saturated carbocycles. The van der Waals surface area contributed by atoms with E-state index in [-0.39, 0.29) is 17.3 Å². The Hall–Kier alpha value is -3.72. The maximum absolute atomic E-state index is 13.2. The predicted octanol–water partition coefficient (Wildman–Crippen LogP) is 2.92. The minimum absolute atomic E-state index is 0.113. The minimum atomic E-state index is -0.540. The molecule has 1 aliphatic heterocycles. The monoisotopic (exact) mass is 490 g/mol. The van der Waals surface area contributed by atoms with Gasteiger partial charge in [0.25, 0.3) is 5.56 Å². The van der Waals surface area contributed by atoms with Crippen LogP contribution in [0.2, 0.25) is 0 Å². The van der Waals surface area contributed by atoms with Crippen LogP contribution in [0.3, 0.4) is 0 Å². The van der Waals surface area contributed by atoms with Gasteiger partial charge in [0.2, 0.25) is 5.91 Å². The predicted molar refractivity (Wildman–Crippen MR) is 140 cm³/mol. The van der Waals surface area contributed by atoms with Crippen LogP contribution >= 0.6 is 0 Å². The zero-order valence-electron chi connectivity index (χ0n) is 20.7. The standard InChI is InChI=1S/C27H31FN6O2/c1-19(34-24-7-4-3-6-22(24)23-18-30-31(2)27(36)25(23)34)26(35)29-12-5-13-32-14-16-33(17-15-32)21-10-8-20(28)9-11-21/h3-4,6-11,18-19H,5,12-17H2,1-2H3,(H,29,35)/t19-/m1/s1. The zero-order valence-corrected chi connectivity index (χ0v) is 20.7. The van der Waals surface area contributed by atoms with E-state index in [0.29, 0.717) is 12.1 Å². The van der Waals surface area contributed by atoms with Crippen molar-refractivity contribution in [3.05, 3.63) is 70.9 Å². The summed E-state index contributed by atoms with van der Waals surface area (Å²) in [6.45, 7) is 6.95. The molecule has 9 heteroatoms. The zero-order chi connectivity index (χ0) is 25.2. The van der Waals surface area contributed by atoms with Crippen LogP contribution in [0, 0.1) is 5.82 Å². The van der Waals surface area contributed by atoms with Crippen molar-refractivity contribution in [1.82, 2.24) is 24.6 Å². The Morgan fingerprint density at radius 2 is 1.78 bits per heavy atom. The minimum Gasteiger partial charge on any atom is -0.369 e. The average Bonchev–Trinajstić information content (AvgIpc) is 3.24. The molecule has 1 saturated heterocycles. The van der Waals surface area contributed by atoms with E-state index in [4.69, 9.17) is 0 Å². The summed E-state index contributed by atoms with van der Waals surface area (Å²) in [5.41, 5.74) is 2.17. The lowest BCUT2D eigenvalue weighted by molar-refractivity contribution is -0.123. The highest BCUT2D eigenvalue weighted by atomic mass is 19.1. The number of nitrogens with zero attached hydrogens (tertiary/aromatic N) is 5. The van der Waals surface area contributed by atoms with Gasteiger partial charge in [-0.05, 0) is 50.2 Å². The number of aromatic nitrogens is 3. The number of carbonyl (C=O) groups excluding carboxylic acids is 1. The summed E-state index contributed by atoms with van der Waals surface area (Å²) in [7, 11) is 1.62. The molecule has 2 aromatic heterocycles. The van der Waals surface area contributed by atoms with Gasteiger partial charge in [-0.3, -0.25) is 14.5 Å². The summed E-state index contributed by atoms with van der Waals surface area (Å²) in [4.78, 5) is 30.7. The number of nitrogens with one attached hydrogen (secondary N) is 1. The topological polar surface area (TPSA) is 75.4 Å². The highest BCUT2D eigenvalue weighted by molar-refractivity contribution is 6.08. The van der Waals surface area contributed by atoms with Gasteiger partial charge in [-0.15, -0.1) is 0 Å². The summed E-state index contributed by atoms with van der Waals surface area (Å²) in [5, 5.41) is 8.90. The first-order valence-electron chi connectivity index (χ1n) is 12.4. The van der Waals surface area contributed by atoms with Crippen molar-refractivity contribution in [2.75, 3.05) is 44.2 Å². The molecule has 0 radical (unpaired) electrons. The molecule has 4 aromatic rings. The number of para-hydroxylation sites is 1. The van der Waals surface area contributed by atoms with Crippen molar-refractivity contribution >= 4 is 33.4 Å². The van der Waals surface area contributed by atoms with Crippen LogP contribution in [-0.4, -0.2) is 64.4 Å². The maximum Gasteiger partial charge on any atom is 0.291 e. The van der Waals surface area contributed by atoms with Crippen LogP contribution in [0.25, 0.3) is 21.8 Å². The van der Waals surface area contributed by atoms with Gasteiger partial charge in [0.05, 0.1) is 11.7 Å². The smallest absolute Gasteiger partial charge is 0.291 e. The molecule has 0 aliphatic carbocycles. The Bertz CT molecular complexity index is 1440. The third-order valence-corrected chi connectivity index (χ3v) is 7.09. The number of aryl methyl sites for hydroxylation is 1. The summed E-state index contributed by atoms with van der Waals surface area (Å²) in [5.74, 6) is -0.330. The average molecular weight is 491 g/mol.